The number of carbonyl (C=O) groups is 1. The molecule has 9 nitrogen and oxygen atoms in total. The maximum absolute atomic E-state index is 14.7. The molecule has 1 aliphatic heterocycles. The first-order valence-corrected chi connectivity index (χ1v) is 7.11. The Hall–Kier alpha value is -2.49. The van der Waals surface area contributed by atoms with Gasteiger partial charge in [0.15, 0.2) is 29.7 Å². The van der Waals surface area contributed by atoms with E-state index in [2.05, 4.69) is 15.0 Å². The first-order valence-electron chi connectivity index (χ1n) is 7.11. The molecular weight excluding hydrogens is 309 g/mol. The van der Waals surface area contributed by atoms with Crippen LogP contribution in [0.4, 0.5) is 10.3 Å². The number of esters is 1. The molecule has 124 valence electrons. The van der Waals surface area contributed by atoms with Gasteiger partial charge >= 0.3 is 5.97 Å². The highest BCUT2D eigenvalue weighted by molar-refractivity contribution is 5.70. The van der Waals surface area contributed by atoms with Crippen molar-refractivity contribution in [2.75, 3.05) is 5.73 Å². The zero-order chi connectivity index (χ0) is 16.7. The summed E-state index contributed by atoms with van der Waals surface area (Å²) in [6.07, 6.45) is -2.65. The number of fused-ring (bicyclic) bond motifs is 1. The number of imidazole rings is 1. The van der Waals surface area contributed by atoms with Crippen LogP contribution in [0.3, 0.4) is 0 Å². The largest absolute Gasteiger partial charge is 0.456 e. The molecule has 0 unspecified atom stereocenters. The topological polar surface area (TPSA) is 125 Å². The van der Waals surface area contributed by atoms with E-state index < -0.39 is 36.1 Å². The van der Waals surface area contributed by atoms with E-state index in [9.17, 15) is 14.0 Å². The Balaban J connectivity index is 2.02. The summed E-state index contributed by atoms with van der Waals surface area (Å²) in [7, 11) is 0. The van der Waals surface area contributed by atoms with Gasteiger partial charge in [-0.15, -0.1) is 0 Å². The molecule has 0 amide bonds. The van der Waals surface area contributed by atoms with E-state index in [1.165, 1.54) is 17.8 Å². The highest BCUT2D eigenvalue weighted by Gasteiger charge is 2.48. The van der Waals surface area contributed by atoms with Gasteiger partial charge < -0.3 is 15.2 Å². The molecule has 0 bridgehead atoms. The normalized spacial score (nSPS) is 27.4. The average molecular weight is 325 g/mol. The van der Waals surface area contributed by atoms with Crippen molar-refractivity contribution in [3.63, 3.8) is 0 Å². The minimum Gasteiger partial charge on any atom is -0.456 e. The van der Waals surface area contributed by atoms with Crippen molar-refractivity contribution in [3.05, 3.63) is 16.7 Å². The van der Waals surface area contributed by atoms with E-state index in [1.54, 1.807) is 6.92 Å². The Morgan fingerprint density at radius 1 is 1.61 bits per heavy atom. The first kappa shape index (κ1) is 15.4. The Kier molecular flexibility index (Phi) is 3.76. The third-order valence-electron chi connectivity index (χ3n) is 3.70. The number of nitrogen functional groups attached to an aromatic ring is 1. The number of hydrogen-bond acceptors (Lipinski definition) is 7. The summed E-state index contributed by atoms with van der Waals surface area (Å²) in [6, 6.07) is 0. The second-order valence-electron chi connectivity index (χ2n) is 5.27. The van der Waals surface area contributed by atoms with Crippen molar-refractivity contribution < 1.29 is 18.7 Å². The summed E-state index contributed by atoms with van der Waals surface area (Å²) in [5, 5.41) is 0. The van der Waals surface area contributed by atoms with Crippen LogP contribution >= 0.6 is 0 Å². The number of hydrogen-bond donors (Lipinski definition) is 2. The van der Waals surface area contributed by atoms with Crippen molar-refractivity contribution in [2.24, 2.45) is 0 Å². The van der Waals surface area contributed by atoms with Crippen LogP contribution in [0.15, 0.2) is 11.1 Å². The lowest BCUT2D eigenvalue weighted by Crippen LogP contribution is -2.33. The lowest BCUT2D eigenvalue weighted by molar-refractivity contribution is -0.151. The first-order chi connectivity index (χ1) is 10.9. The van der Waals surface area contributed by atoms with Crippen molar-refractivity contribution in [1.82, 2.24) is 19.5 Å². The Labute approximate surface area is 129 Å². The number of H-pyrrole nitrogens is 1. The van der Waals surface area contributed by atoms with Crippen LogP contribution in [-0.4, -0.2) is 43.9 Å². The molecule has 1 fully saturated rings. The zero-order valence-electron chi connectivity index (χ0n) is 12.5. The SMILES string of the molecule is CC[C@H]1O[C@@H](n2cnc3c(=O)[nH]c(N)nc32)[C@H](F)[C@@H]1OC(C)=O. The number of nitrogens with two attached hydrogens (primary N) is 1. The number of alkyl halides is 1. The molecule has 0 spiro atoms. The molecule has 0 aromatic carbocycles. The maximum atomic E-state index is 14.7. The van der Waals surface area contributed by atoms with Gasteiger partial charge in [0.1, 0.15) is 6.10 Å². The lowest BCUT2D eigenvalue weighted by atomic mass is 10.1. The molecule has 0 saturated carbocycles. The molecule has 4 atom stereocenters. The Bertz CT molecular complexity index is 803. The van der Waals surface area contributed by atoms with Crippen LogP contribution in [0.1, 0.15) is 26.5 Å². The number of ether oxygens (including phenoxy) is 2. The predicted molar refractivity (Wildman–Crippen MR) is 77.2 cm³/mol. The second-order valence-corrected chi connectivity index (χ2v) is 5.27. The highest BCUT2D eigenvalue weighted by Crippen LogP contribution is 2.36. The zero-order valence-corrected chi connectivity index (χ0v) is 12.5. The molecule has 3 heterocycles. The Morgan fingerprint density at radius 2 is 2.35 bits per heavy atom. The molecule has 1 saturated heterocycles. The molecule has 2 aromatic heterocycles. The van der Waals surface area contributed by atoms with Crippen LogP contribution in [0.5, 0.6) is 0 Å². The number of carbonyl (C=O) groups excluding carboxylic acids is 1. The summed E-state index contributed by atoms with van der Waals surface area (Å²) >= 11 is 0. The van der Waals surface area contributed by atoms with Crippen molar-refractivity contribution in [1.29, 1.82) is 0 Å². The van der Waals surface area contributed by atoms with Gasteiger partial charge in [0.2, 0.25) is 5.95 Å². The van der Waals surface area contributed by atoms with E-state index in [0.29, 0.717) is 6.42 Å². The van der Waals surface area contributed by atoms with E-state index in [-0.39, 0.29) is 17.1 Å². The number of nitrogens with one attached hydrogen (secondary N) is 1. The number of halogens is 1. The van der Waals surface area contributed by atoms with Gasteiger partial charge in [-0.25, -0.2) is 9.37 Å². The van der Waals surface area contributed by atoms with Crippen LogP contribution in [0.2, 0.25) is 0 Å². The third-order valence-corrected chi connectivity index (χ3v) is 3.70. The smallest absolute Gasteiger partial charge is 0.303 e. The van der Waals surface area contributed by atoms with E-state index in [4.69, 9.17) is 15.2 Å². The van der Waals surface area contributed by atoms with Gasteiger partial charge in [0, 0.05) is 6.92 Å². The minimum absolute atomic E-state index is 0.0268. The summed E-state index contributed by atoms with van der Waals surface area (Å²) in [5.74, 6) is -0.698. The van der Waals surface area contributed by atoms with Gasteiger partial charge in [-0.3, -0.25) is 19.1 Å². The lowest BCUT2D eigenvalue weighted by Gasteiger charge is -2.17. The molecular formula is C13H16FN5O4. The third kappa shape index (κ3) is 2.54. The van der Waals surface area contributed by atoms with E-state index in [1.807, 2.05) is 0 Å². The van der Waals surface area contributed by atoms with Gasteiger partial charge in [0.05, 0.1) is 6.33 Å². The summed E-state index contributed by atoms with van der Waals surface area (Å²) in [5.41, 5.74) is 5.13. The molecule has 23 heavy (non-hydrogen) atoms. The second kappa shape index (κ2) is 5.61. The van der Waals surface area contributed by atoms with Crippen LogP contribution in [0, 0.1) is 0 Å². The highest BCUT2D eigenvalue weighted by atomic mass is 19.1. The van der Waals surface area contributed by atoms with E-state index in [0.717, 1.165) is 0 Å². The van der Waals surface area contributed by atoms with Crippen LogP contribution < -0.4 is 11.3 Å². The molecule has 10 heteroatoms. The number of anilines is 1. The summed E-state index contributed by atoms with van der Waals surface area (Å²) in [6.45, 7) is 3.00. The number of nitrogens with zero attached hydrogens (tertiary/aromatic N) is 3. The van der Waals surface area contributed by atoms with Crippen molar-refractivity contribution in [3.8, 4) is 0 Å². The molecule has 1 aliphatic rings. The molecule has 3 N–H and O–H groups in total. The number of aromatic amines is 1. The average Bonchev–Trinajstić information content (AvgIpc) is 3.01. The maximum Gasteiger partial charge on any atom is 0.303 e. The number of rotatable bonds is 3. The van der Waals surface area contributed by atoms with Gasteiger partial charge in [-0.2, -0.15) is 4.98 Å². The predicted octanol–water partition coefficient (Wildman–Crippen LogP) is 0.279. The van der Waals surface area contributed by atoms with Crippen molar-refractivity contribution >= 4 is 23.1 Å². The quantitative estimate of drug-likeness (QED) is 0.776. The molecule has 0 aliphatic carbocycles. The minimum atomic E-state index is -1.62. The standard InChI is InChI=1S/C13H16FN5O4/c1-3-6-9(22-5(2)20)7(14)12(23-6)19-4-16-8-10(19)17-13(15)18-11(8)21/h4,6-7,9,12H,3H2,1-2H3,(H3,15,17,18,21)/t6-,7-,9-,12-/m1/s1. The molecule has 2 aromatic rings. The molecule has 0 radical (unpaired) electrons. The fraction of sp³-hybridized carbons (Fsp3) is 0.538. The van der Waals surface area contributed by atoms with Crippen LogP contribution in [-0.2, 0) is 14.3 Å². The molecule has 3 rings (SSSR count). The fourth-order valence-corrected chi connectivity index (χ4v) is 2.71. The van der Waals surface area contributed by atoms with Gasteiger partial charge in [-0.1, -0.05) is 6.92 Å². The van der Waals surface area contributed by atoms with Gasteiger partial charge in [0.25, 0.3) is 5.56 Å². The summed E-state index contributed by atoms with van der Waals surface area (Å²) in [4.78, 5) is 33.2. The number of aromatic nitrogens is 4. The Morgan fingerprint density at radius 3 is 3.00 bits per heavy atom. The van der Waals surface area contributed by atoms with E-state index >= 15 is 0 Å². The van der Waals surface area contributed by atoms with Gasteiger partial charge in [-0.05, 0) is 6.42 Å². The fourth-order valence-electron chi connectivity index (χ4n) is 2.71. The van der Waals surface area contributed by atoms with Crippen LogP contribution in [0.25, 0.3) is 11.2 Å². The summed E-state index contributed by atoms with van der Waals surface area (Å²) < 4.78 is 26.7. The monoisotopic (exact) mass is 325 g/mol. The van der Waals surface area contributed by atoms with Crippen molar-refractivity contribution in [2.45, 2.75) is 44.9 Å².